The summed E-state index contributed by atoms with van der Waals surface area (Å²) >= 11 is 0. The molecule has 0 atom stereocenters. The van der Waals surface area contributed by atoms with E-state index < -0.39 is 0 Å². The van der Waals surface area contributed by atoms with Gasteiger partial charge in [0, 0.05) is 37.1 Å². The molecule has 0 bridgehead atoms. The van der Waals surface area contributed by atoms with E-state index in [1.807, 2.05) is 6.20 Å². The molecular weight excluding hydrogens is 260 g/mol. The van der Waals surface area contributed by atoms with Crippen LogP contribution in [0, 0.1) is 18.8 Å². The zero-order valence-electron chi connectivity index (χ0n) is 14.0. The molecule has 0 saturated heterocycles. The Morgan fingerprint density at radius 2 is 2.14 bits per heavy atom. The first kappa shape index (κ1) is 16.2. The average Bonchev–Trinajstić information content (AvgIpc) is 3.24. The maximum atomic E-state index is 4.75. The Hall–Kier alpha value is -1.16. The molecule has 1 heterocycles. The highest BCUT2D eigenvalue weighted by Gasteiger charge is 2.25. The van der Waals surface area contributed by atoms with Gasteiger partial charge < -0.3 is 10.2 Å². The normalized spacial score (nSPS) is 14.7. The molecule has 0 amide bonds. The van der Waals surface area contributed by atoms with Gasteiger partial charge in [0.2, 0.25) is 5.95 Å². The predicted molar refractivity (Wildman–Crippen MR) is 88.5 cm³/mol. The van der Waals surface area contributed by atoms with E-state index in [-0.39, 0.29) is 0 Å². The van der Waals surface area contributed by atoms with Crippen LogP contribution in [0.4, 0.5) is 5.95 Å². The third-order valence-electron chi connectivity index (χ3n) is 3.89. The Labute approximate surface area is 129 Å². The molecular formula is C17H30N4. The summed E-state index contributed by atoms with van der Waals surface area (Å²) in [5, 5.41) is 3.46. The number of aromatic nitrogens is 2. The van der Waals surface area contributed by atoms with Crippen molar-refractivity contribution in [2.24, 2.45) is 11.8 Å². The lowest BCUT2D eigenvalue weighted by molar-refractivity contribution is 0.550. The monoisotopic (exact) mass is 290 g/mol. The van der Waals surface area contributed by atoms with E-state index in [9.17, 15) is 0 Å². The van der Waals surface area contributed by atoms with Crippen molar-refractivity contribution >= 4 is 5.95 Å². The lowest BCUT2D eigenvalue weighted by Gasteiger charge is -2.22. The fourth-order valence-corrected chi connectivity index (χ4v) is 2.46. The van der Waals surface area contributed by atoms with Gasteiger partial charge in [-0.05, 0) is 44.6 Å². The Balaban J connectivity index is 1.98. The summed E-state index contributed by atoms with van der Waals surface area (Å²) in [5.41, 5.74) is 2.32. The molecule has 1 saturated carbocycles. The standard InChI is InChI=1S/C17H30N4/c1-5-8-21(12-15-6-7-15)17-19-11-16(14(4)20-17)10-18-9-13(2)3/h11,13,15,18H,5-10,12H2,1-4H3. The van der Waals surface area contributed by atoms with Crippen LogP contribution in [0.5, 0.6) is 0 Å². The topological polar surface area (TPSA) is 41.1 Å². The van der Waals surface area contributed by atoms with Crippen LogP contribution in [0.2, 0.25) is 0 Å². The second-order valence-corrected chi connectivity index (χ2v) is 6.69. The van der Waals surface area contributed by atoms with Crippen molar-refractivity contribution < 1.29 is 0 Å². The summed E-state index contributed by atoms with van der Waals surface area (Å²) in [6.45, 7) is 12.8. The number of nitrogens with zero attached hydrogens (tertiary/aromatic N) is 3. The van der Waals surface area contributed by atoms with Gasteiger partial charge in [0.15, 0.2) is 0 Å². The van der Waals surface area contributed by atoms with Gasteiger partial charge in [-0.25, -0.2) is 9.97 Å². The van der Waals surface area contributed by atoms with Crippen molar-refractivity contribution in [3.63, 3.8) is 0 Å². The predicted octanol–water partition coefficient (Wildman–Crippen LogP) is 3.16. The number of hydrogen-bond acceptors (Lipinski definition) is 4. The van der Waals surface area contributed by atoms with Crippen LogP contribution < -0.4 is 10.2 Å². The summed E-state index contributed by atoms with van der Waals surface area (Å²) in [4.78, 5) is 11.7. The molecule has 0 aromatic carbocycles. The Bertz CT molecular complexity index is 440. The van der Waals surface area contributed by atoms with E-state index in [0.29, 0.717) is 5.92 Å². The Morgan fingerprint density at radius 3 is 2.71 bits per heavy atom. The molecule has 1 N–H and O–H groups in total. The highest BCUT2D eigenvalue weighted by atomic mass is 15.2. The summed E-state index contributed by atoms with van der Waals surface area (Å²) in [6.07, 6.45) is 5.89. The molecule has 2 rings (SSSR count). The molecule has 4 heteroatoms. The lowest BCUT2D eigenvalue weighted by atomic mass is 10.2. The van der Waals surface area contributed by atoms with Gasteiger partial charge in [-0.15, -0.1) is 0 Å². The summed E-state index contributed by atoms with van der Waals surface area (Å²) in [6, 6.07) is 0. The molecule has 1 aliphatic carbocycles. The first-order valence-corrected chi connectivity index (χ1v) is 8.38. The van der Waals surface area contributed by atoms with E-state index in [0.717, 1.165) is 50.2 Å². The zero-order valence-corrected chi connectivity index (χ0v) is 14.0. The van der Waals surface area contributed by atoms with Crippen LogP contribution in [-0.4, -0.2) is 29.6 Å². The van der Waals surface area contributed by atoms with E-state index in [2.05, 4.69) is 42.9 Å². The summed E-state index contributed by atoms with van der Waals surface area (Å²) < 4.78 is 0. The smallest absolute Gasteiger partial charge is 0.225 e. The van der Waals surface area contributed by atoms with E-state index in [1.54, 1.807) is 0 Å². The Morgan fingerprint density at radius 1 is 1.38 bits per heavy atom. The van der Waals surface area contributed by atoms with Crippen molar-refractivity contribution in [1.29, 1.82) is 0 Å². The van der Waals surface area contributed by atoms with E-state index in [1.165, 1.54) is 18.4 Å². The second kappa shape index (κ2) is 7.74. The molecule has 0 unspecified atom stereocenters. The first-order chi connectivity index (χ1) is 10.1. The molecule has 118 valence electrons. The van der Waals surface area contributed by atoms with Gasteiger partial charge in [-0.1, -0.05) is 20.8 Å². The van der Waals surface area contributed by atoms with Gasteiger partial charge in [0.05, 0.1) is 0 Å². The highest BCUT2D eigenvalue weighted by molar-refractivity contribution is 5.33. The van der Waals surface area contributed by atoms with Crippen LogP contribution in [0.25, 0.3) is 0 Å². The van der Waals surface area contributed by atoms with Crippen molar-refractivity contribution in [3.8, 4) is 0 Å². The number of hydrogen-bond donors (Lipinski definition) is 1. The van der Waals surface area contributed by atoms with Crippen molar-refractivity contribution in [2.45, 2.75) is 53.5 Å². The lowest BCUT2D eigenvalue weighted by Crippen LogP contribution is -2.29. The minimum Gasteiger partial charge on any atom is -0.341 e. The average molecular weight is 290 g/mol. The molecule has 0 aliphatic heterocycles. The van der Waals surface area contributed by atoms with Crippen LogP contribution >= 0.6 is 0 Å². The number of anilines is 1. The molecule has 1 aromatic heterocycles. The SMILES string of the molecule is CCCN(CC1CC1)c1ncc(CNCC(C)C)c(C)n1. The molecule has 21 heavy (non-hydrogen) atoms. The number of aryl methyl sites for hydroxylation is 1. The van der Waals surface area contributed by atoms with Gasteiger partial charge in [-0.2, -0.15) is 0 Å². The first-order valence-electron chi connectivity index (χ1n) is 8.38. The van der Waals surface area contributed by atoms with E-state index >= 15 is 0 Å². The maximum Gasteiger partial charge on any atom is 0.225 e. The summed E-state index contributed by atoms with van der Waals surface area (Å²) in [7, 11) is 0. The zero-order chi connectivity index (χ0) is 15.2. The van der Waals surface area contributed by atoms with Gasteiger partial charge in [-0.3, -0.25) is 0 Å². The second-order valence-electron chi connectivity index (χ2n) is 6.69. The number of nitrogens with one attached hydrogen (secondary N) is 1. The van der Waals surface area contributed by atoms with Crippen LogP contribution in [-0.2, 0) is 6.54 Å². The largest absolute Gasteiger partial charge is 0.341 e. The quantitative estimate of drug-likeness (QED) is 0.758. The maximum absolute atomic E-state index is 4.75. The molecule has 0 spiro atoms. The van der Waals surface area contributed by atoms with Gasteiger partial charge in [0.1, 0.15) is 0 Å². The van der Waals surface area contributed by atoms with Crippen molar-refractivity contribution in [1.82, 2.24) is 15.3 Å². The number of rotatable bonds is 9. The molecule has 1 fully saturated rings. The third-order valence-corrected chi connectivity index (χ3v) is 3.89. The van der Waals surface area contributed by atoms with Crippen LogP contribution in [0.3, 0.4) is 0 Å². The molecule has 1 aromatic rings. The third kappa shape index (κ3) is 5.27. The molecule has 1 aliphatic rings. The van der Waals surface area contributed by atoms with Gasteiger partial charge >= 0.3 is 0 Å². The van der Waals surface area contributed by atoms with Crippen molar-refractivity contribution in [3.05, 3.63) is 17.5 Å². The van der Waals surface area contributed by atoms with Crippen molar-refractivity contribution in [2.75, 3.05) is 24.5 Å². The molecule has 4 nitrogen and oxygen atoms in total. The minimum atomic E-state index is 0.670. The fourth-order valence-electron chi connectivity index (χ4n) is 2.46. The Kier molecular flexibility index (Phi) is 5.97. The van der Waals surface area contributed by atoms with E-state index in [4.69, 9.17) is 4.98 Å². The van der Waals surface area contributed by atoms with Crippen LogP contribution in [0.1, 0.15) is 51.3 Å². The molecule has 0 radical (unpaired) electrons. The fraction of sp³-hybridized carbons (Fsp3) is 0.765. The minimum absolute atomic E-state index is 0.670. The summed E-state index contributed by atoms with van der Waals surface area (Å²) in [5.74, 6) is 2.45. The highest BCUT2D eigenvalue weighted by Crippen LogP contribution is 2.30. The van der Waals surface area contributed by atoms with Gasteiger partial charge in [0.25, 0.3) is 0 Å². The van der Waals surface area contributed by atoms with Crippen LogP contribution in [0.15, 0.2) is 6.20 Å².